The normalized spacial score (nSPS) is 21.6. The predicted molar refractivity (Wildman–Crippen MR) is 92.8 cm³/mol. The Balaban J connectivity index is 1.65. The highest BCUT2D eigenvalue weighted by atomic mass is 14.3. The third-order valence-electron chi connectivity index (χ3n) is 5.27. The summed E-state index contributed by atoms with van der Waals surface area (Å²) in [6, 6.07) is 5.02. The molecule has 21 heavy (non-hydrogen) atoms. The zero-order chi connectivity index (χ0) is 14.9. The number of unbranched alkanes of at least 4 members (excludes halogenated alkanes) is 4. The Labute approximate surface area is 130 Å². The number of allylic oxidation sites excluding steroid dienone is 1. The van der Waals surface area contributed by atoms with E-state index in [1.807, 2.05) is 0 Å². The maximum atomic E-state index is 2.54. The molecule has 0 bridgehead atoms. The maximum absolute atomic E-state index is 2.54. The van der Waals surface area contributed by atoms with E-state index in [0.29, 0.717) is 11.3 Å². The summed E-state index contributed by atoms with van der Waals surface area (Å²) in [6.45, 7) is 7.09. The van der Waals surface area contributed by atoms with Crippen LogP contribution in [-0.2, 0) is 12.8 Å². The van der Waals surface area contributed by atoms with Crippen molar-refractivity contribution in [3.63, 3.8) is 0 Å². The fourth-order valence-corrected chi connectivity index (χ4v) is 4.16. The molecule has 0 fully saturated rings. The van der Waals surface area contributed by atoms with Gasteiger partial charge >= 0.3 is 0 Å². The van der Waals surface area contributed by atoms with Crippen molar-refractivity contribution in [2.75, 3.05) is 0 Å². The van der Waals surface area contributed by atoms with E-state index in [0.717, 1.165) is 0 Å². The van der Waals surface area contributed by atoms with Gasteiger partial charge in [-0.1, -0.05) is 77.2 Å². The monoisotopic (exact) mass is 282 g/mol. The molecule has 3 rings (SSSR count). The van der Waals surface area contributed by atoms with Crippen LogP contribution in [0.4, 0.5) is 0 Å². The summed E-state index contributed by atoms with van der Waals surface area (Å²) in [6.07, 6.45) is 15.6. The van der Waals surface area contributed by atoms with Crippen LogP contribution in [0.25, 0.3) is 6.08 Å². The van der Waals surface area contributed by atoms with Crippen LogP contribution < -0.4 is 0 Å². The van der Waals surface area contributed by atoms with E-state index in [1.165, 1.54) is 56.9 Å². The molecule has 2 aliphatic carbocycles. The highest BCUT2D eigenvalue weighted by molar-refractivity contribution is 5.65. The Bertz CT molecular complexity index is 533. The van der Waals surface area contributed by atoms with Gasteiger partial charge in [0.2, 0.25) is 0 Å². The average molecular weight is 282 g/mol. The van der Waals surface area contributed by atoms with Crippen LogP contribution in [0, 0.1) is 5.41 Å². The predicted octanol–water partition coefficient (Wildman–Crippen LogP) is 6.28. The molecule has 0 N–H and O–H groups in total. The van der Waals surface area contributed by atoms with Gasteiger partial charge in [0.15, 0.2) is 0 Å². The topological polar surface area (TPSA) is 0 Å². The molecule has 1 atom stereocenters. The molecule has 0 aliphatic heterocycles. The summed E-state index contributed by atoms with van der Waals surface area (Å²) in [5.41, 5.74) is 6.81. The minimum Gasteiger partial charge on any atom is -0.0764 e. The number of hydrogen-bond donors (Lipinski definition) is 0. The first-order valence-electron chi connectivity index (χ1n) is 8.93. The van der Waals surface area contributed by atoms with E-state index < -0.39 is 0 Å². The Kier molecular flexibility index (Phi) is 4.24. The SMILES string of the molecule is CCCCCCCC1C=Cc2cc3c(cc21)CC(C)(C)C3. The first-order valence-corrected chi connectivity index (χ1v) is 8.93. The van der Waals surface area contributed by atoms with Crippen LogP contribution in [0.2, 0.25) is 0 Å². The summed E-state index contributed by atoms with van der Waals surface area (Å²) in [5.74, 6) is 0.690. The van der Waals surface area contributed by atoms with E-state index in [2.05, 4.69) is 45.1 Å². The second kappa shape index (κ2) is 5.99. The Morgan fingerprint density at radius 1 is 1.00 bits per heavy atom. The van der Waals surface area contributed by atoms with Crippen LogP contribution in [0.3, 0.4) is 0 Å². The average Bonchev–Trinajstić information content (AvgIpc) is 2.94. The van der Waals surface area contributed by atoms with Crippen molar-refractivity contribution in [2.45, 2.75) is 78.1 Å². The smallest absolute Gasteiger partial charge is 0.00273 e. The molecule has 0 spiro atoms. The second-order valence-corrected chi connectivity index (χ2v) is 7.94. The van der Waals surface area contributed by atoms with E-state index in [1.54, 1.807) is 16.7 Å². The van der Waals surface area contributed by atoms with Crippen LogP contribution in [0.1, 0.15) is 87.5 Å². The minimum absolute atomic E-state index is 0.469. The summed E-state index contributed by atoms with van der Waals surface area (Å²) in [4.78, 5) is 0. The molecule has 1 aromatic rings. The van der Waals surface area contributed by atoms with Crippen molar-refractivity contribution < 1.29 is 0 Å². The summed E-state index contributed by atoms with van der Waals surface area (Å²) in [5, 5.41) is 0. The van der Waals surface area contributed by atoms with Crippen molar-refractivity contribution >= 4 is 6.08 Å². The Hall–Kier alpha value is -1.04. The van der Waals surface area contributed by atoms with Gasteiger partial charge in [-0.3, -0.25) is 0 Å². The first kappa shape index (κ1) is 14.9. The van der Waals surface area contributed by atoms with Crippen LogP contribution in [-0.4, -0.2) is 0 Å². The molecule has 0 heteroatoms. The van der Waals surface area contributed by atoms with Gasteiger partial charge in [0.1, 0.15) is 0 Å². The molecule has 0 amide bonds. The van der Waals surface area contributed by atoms with Crippen LogP contribution in [0.5, 0.6) is 0 Å². The molecule has 1 unspecified atom stereocenters. The zero-order valence-electron chi connectivity index (χ0n) is 14.0. The Morgan fingerprint density at radius 2 is 1.71 bits per heavy atom. The van der Waals surface area contributed by atoms with E-state index in [9.17, 15) is 0 Å². The zero-order valence-corrected chi connectivity index (χ0v) is 14.0. The number of benzene rings is 1. The van der Waals surface area contributed by atoms with E-state index >= 15 is 0 Å². The molecule has 0 saturated heterocycles. The van der Waals surface area contributed by atoms with E-state index in [4.69, 9.17) is 0 Å². The highest BCUT2D eigenvalue weighted by Crippen LogP contribution is 2.42. The largest absolute Gasteiger partial charge is 0.0764 e. The van der Waals surface area contributed by atoms with Crippen molar-refractivity contribution in [2.24, 2.45) is 5.41 Å². The molecule has 0 saturated carbocycles. The molecule has 114 valence electrons. The Morgan fingerprint density at radius 3 is 2.48 bits per heavy atom. The van der Waals surface area contributed by atoms with Gasteiger partial charge in [0.25, 0.3) is 0 Å². The fraction of sp³-hybridized carbons (Fsp3) is 0.619. The fourth-order valence-electron chi connectivity index (χ4n) is 4.16. The quantitative estimate of drug-likeness (QED) is 0.538. The lowest BCUT2D eigenvalue weighted by molar-refractivity contribution is 0.392. The minimum atomic E-state index is 0.469. The number of rotatable bonds is 6. The van der Waals surface area contributed by atoms with Crippen molar-refractivity contribution in [1.82, 2.24) is 0 Å². The van der Waals surface area contributed by atoms with Crippen molar-refractivity contribution in [1.29, 1.82) is 0 Å². The highest BCUT2D eigenvalue weighted by Gasteiger charge is 2.30. The molecule has 1 aromatic carbocycles. The molecule has 0 aromatic heterocycles. The van der Waals surface area contributed by atoms with Gasteiger partial charge in [-0.05, 0) is 46.9 Å². The molecular formula is C21H30. The van der Waals surface area contributed by atoms with Crippen molar-refractivity contribution in [3.8, 4) is 0 Å². The third-order valence-corrected chi connectivity index (χ3v) is 5.27. The lowest BCUT2D eigenvalue weighted by atomic mass is 9.90. The lowest BCUT2D eigenvalue weighted by Crippen LogP contribution is -2.09. The van der Waals surface area contributed by atoms with Gasteiger partial charge in [0.05, 0.1) is 0 Å². The summed E-state index contributed by atoms with van der Waals surface area (Å²) >= 11 is 0. The standard InChI is InChI=1S/C21H30/c1-4-5-6-7-8-9-16-10-11-17-12-18-14-21(2,3)15-19(18)13-20(16)17/h10-13,16H,4-9,14-15H2,1-3H3. The van der Waals surface area contributed by atoms with E-state index in [-0.39, 0.29) is 0 Å². The van der Waals surface area contributed by atoms with Crippen LogP contribution >= 0.6 is 0 Å². The molecular weight excluding hydrogens is 252 g/mol. The van der Waals surface area contributed by atoms with Gasteiger partial charge in [-0.25, -0.2) is 0 Å². The number of hydrogen-bond acceptors (Lipinski definition) is 0. The van der Waals surface area contributed by atoms with Gasteiger partial charge in [0, 0.05) is 5.92 Å². The lowest BCUT2D eigenvalue weighted by Gasteiger charge is -2.15. The molecule has 0 heterocycles. The van der Waals surface area contributed by atoms with Gasteiger partial charge in [-0.2, -0.15) is 0 Å². The number of fused-ring (bicyclic) bond motifs is 2. The van der Waals surface area contributed by atoms with Crippen LogP contribution in [0.15, 0.2) is 18.2 Å². The molecule has 2 aliphatic rings. The third kappa shape index (κ3) is 3.25. The maximum Gasteiger partial charge on any atom is 0.00273 e. The molecule has 0 nitrogen and oxygen atoms in total. The van der Waals surface area contributed by atoms with Crippen molar-refractivity contribution in [3.05, 3.63) is 40.5 Å². The van der Waals surface area contributed by atoms with Gasteiger partial charge in [-0.15, -0.1) is 0 Å². The van der Waals surface area contributed by atoms with Gasteiger partial charge < -0.3 is 0 Å². The molecule has 0 radical (unpaired) electrons. The first-order chi connectivity index (χ1) is 10.1. The summed E-state index contributed by atoms with van der Waals surface area (Å²) in [7, 11) is 0. The second-order valence-electron chi connectivity index (χ2n) is 7.94. The summed E-state index contributed by atoms with van der Waals surface area (Å²) < 4.78 is 0.